The molecule has 5 rings (SSSR count). The first-order chi connectivity index (χ1) is 18.3. The Morgan fingerprint density at radius 2 is 1.76 bits per heavy atom. The zero-order valence-corrected chi connectivity index (χ0v) is 23.3. The van der Waals surface area contributed by atoms with Crippen molar-refractivity contribution in [3.63, 3.8) is 0 Å². The molecule has 12 heteroatoms. The highest BCUT2D eigenvalue weighted by Crippen LogP contribution is 2.38. The van der Waals surface area contributed by atoms with Gasteiger partial charge < -0.3 is 19.5 Å². The number of fused-ring (bicyclic) bond motifs is 1. The van der Waals surface area contributed by atoms with Crippen LogP contribution in [0.25, 0.3) is 6.08 Å². The number of ether oxygens (including phenoxy) is 3. The Labute approximate surface area is 237 Å². The van der Waals surface area contributed by atoms with Crippen LogP contribution < -0.4 is 19.5 Å². The molecule has 1 N–H and O–H groups in total. The van der Waals surface area contributed by atoms with Crippen molar-refractivity contribution in [1.29, 1.82) is 0 Å². The van der Waals surface area contributed by atoms with Crippen molar-refractivity contribution in [2.75, 3.05) is 18.7 Å². The summed E-state index contributed by atoms with van der Waals surface area (Å²) in [6, 6.07) is 14.4. The number of halogens is 3. The second-order valence-corrected chi connectivity index (χ2v) is 10.8. The summed E-state index contributed by atoms with van der Waals surface area (Å²) in [5, 5.41) is 2.12. The van der Waals surface area contributed by atoms with Crippen molar-refractivity contribution in [3.8, 4) is 17.2 Å². The van der Waals surface area contributed by atoms with Gasteiger partial charge in [-0.05, 0) is 97.2 Å². The third kappa shape index (κ3) is 5.87. The molecule has 0 saturated carbocycles. The molecule has 1 fully saturated rings. The van der Waals surface area contributed by atoms with E-state index in [0.717, 1.165) is 22.2 Å². The molecule has 2 heterocycles. The summed E-state index contributed by atoms with van der Waals surface area (Å²) in [6.07, 6.45) is 1.57. The van der Waals surface area contributed by atoms with Gasteiger partial charge in [0.25, 0.3) is 11.1 Å². The van der Waals surface area contributed by atoms with Gasteiger partial charge >= 0.3 is 0 Å². The van der Waals surface area contributed by atoms with Gasteiger partial charge in [-0.15, -0.1) is 0 Å². The lowest BCUT2D eigenvalue weighted by atomic mass is 10.2. The van der Waals surface area contributed by atoms with Crippen LogP contribution in [-0.2, 0) is 16.2 Å². The number of thioether (sulfide) groups is 1. The average molecular weight is 664 g/mol. The Bertz CT molecular complexity index is 1460. The number of nitrogens with zero attached hydrogens (tertiary/aromatic N) is 1. The van der Waals surface area contributed by atoms with Crippen LogP contribution in [0.15, 0.2) is 68.4 Å². The van der Waals surface area contributed by atoms with E-state index in [-0.39, 0.29) is 24.1 Å². The number of rotatable bonds is 7. The lowest BCUT2D eigenvalue weighted by molar-refractivity contribution is -0.127. The lowest BCUT2D eigenvalue weighted by Gasteiger charge is -2.13. The first-order valence-corrected chi connectivity index (χ1v) is 13.5. The lowest BCUT2D eigenvalue weighted by Crippen LogP contribution is -2.36. The molecule has 0 aliphatic carbocycles. The SMILES string of the molecule is O=C(CN1C(=O)S/C(=C/c2cc(Br)c(OCc3ccc(F)cc3)c(Br)c2)C1=O)Nc1ccc2c(c1)OCO2. The van der Waals surface area contributed by atoms with Crippen molar-refractivity contribution in [3.05, 3.63) is 85.4 Å². The highest BCUT2D eigenvalue weighted by molar-refractivity contribution is 9.11. The normalized spacial score (nSPS) is 15.3. The number of carbonyl (C=O) groups is 3. The molecular formula is C26H17Br2FN2O6S. The second-order valence-electron chi connectivity index (χ2n) is 8.11. The van der Waals surface area contributed by atoms with E-state index >= 15 is 0 Å². The Morgan fingerprint density at radius 3 is 2.50 bits per heavy atom. The average Bonchev–Trinajstić information content (AvgIpc) is 3.44. The number of imide groups is 1. The summed E-state index contributed by atoms with van der Waals surface area (Å²) >= 11 is 7.70. The van der Waals surface area contributed by atoms with Crippen LogP contribution in [0.3, 0.4) is 0 Å². The minimum Gasteiger partial charge on any atom is -0.487 e. The van der Waals surface area contributed by atoms with Gasteiger partial charge in [0.15, 0.2) is 11.5 Å². The van der Waals surface area contributed by atoms with E-state index in [1.54, 1.807) is 48.5 Å². The van der Waals surface area contributed by atoms with Gasteiger partial charge in [0.2, 0.25) is 12.7 Å². The molecule has 3 aromatic carbocycles. The molecule has 2 aliphatic rings. The molecular weight excluding hydrogens is 647 g/mol. The highest BCUT2D eigenvalue weighted by Gasteiger charge is 2.36. The topological polar surface area (TPSA) is 94.2 Å². The number of hydrogen-bond acceptors (Lipinski definition) is 7. The monoisotopic (exact) mass is 662 g/mol. The van der Waals surface area contributed by atoms with Gasteiger partial charge in [-0.2, -0.15) is 0 Å². The molecule has 0 unspecified atom stereocenters. The van der Waals surface area contributed by atoms with E-state index in [4.69, 9.17) is 14.2 Å². The molecule has 3 aromatic rings. The molecule has 0 atom stereocenters. The van der Waals surface area contributed by atoms with Crippen LogP contribution in [0.5, 0.6) is 17.2 Å². The molecule has 1 saturated heterocycles. The van der Waals surface area contributed by atoms with Crippen LogP contribution in [0.4, 0.5) is 14.9 Å². The van der Waals surface area contributed by atoms with E-state index in [0.29, 0.717) is 37.4 Å². The Balaban J connectivity index is 1.24. The fraction of sp³-hybridized carbons (Fsp3) is 0.115. The van der Waals surface area contributed by atoms with Gasteiger partial charge in [0.05, 0.1) is 13.9 Å². The third-order valence-corrected chi connectivity index (χ3v) is 7.53. The third-order valence-electron chi connectivity index (χ3n) is 5.45. The highest BCUT2D eigenvalue weighted by atomic mass is 79.9. The van der Waals surface area contributed by atoms with E-state index in [2.05, 4.69) is 37.2 Å². The summed E-state index contributed by atoms with van der Waals surface area (Å²) in [7, 11) is 0. The standard InChI is InChI=1S/C26H17Br2FN2O6S/c27-18-7-15(8-19(28)24(18)35-12-14-1-3-16(29)4-2-14)9-22-25(33)31(26(34)38-22)11-23(32)30-17-5-6-20-21(10-17)37-13-36-20/h1-10H,11-13H2,(H,30,32)/b22-9+. The van der Waals surface area contributed by atoms with Gasteiger partial charge in [-0.25, -0.2) is 4.39 Å². The Kier molecular flexibility index (Phi) is 7.73. The quantitative estimate of drug-likeness (QED) is 0.295. The van der Waals surface area contributed by atoms with Crippen molar-refractivity contribution >= 4 is 72.4 Å². The molecule has 3 amide bonds. The van der Waals surface area contributed by atoms with Gasteiger partial charge in [-0.1, -0.05) is 12.1 Å². The molecule has 194 valence electrons. The number of hydrogen-bond donors (Lipinski definition) is 1. The van der Waals surface area contributed by atoms with Crippen molar-refractivity contribution < 1.29 is 33.0 Å². The Hall–Kier alpha value is -3.35. The van der Waals surface area contributed by atoms with Gasteiger partial charge in [0.1, 0.15) is 24.7 Å². The summed E-state index contributed by atoms with van der Waals surface area (Å²) in [6.45, 7) is -0.0984. The summed E-state index contributed by atoms with van der Waals surface area (Å²) < 4.78 is 30.7. The predicted octanol–water partition coefficient (Wildman–Crippen LogP) is 6.33. The van der Waals surface area contributed by atoms with Crippen molar-refractivity contribution in [2.45, 2.75) is 6.61 Å². The van der Waals surface area contributed by atoms with E-state index in [9.17, 15) is 18.8 Å². The minimum absolute atomic E-state index is 0.106. The zero-order chi connectivity index (χ0) is 26.8. The van der Waals surface area contributed by atoms with E-state index in [1.165, 1.54) is 12.1 Å². The van der Waals surface area contributed by atoms with Crippen molar-refractivity contribution in [2.24, 2.45) is 0 Å². The largest absolute Gasteiger partial charge is 0.487 e. The summed E-state index contributed by atoms with van der Waals surface area (Å²) in [5.41, 5.74) is 1.89. The van der Waals surface area contributed by atoms with Gasteiger partial charge in [0, 0.05) is 11.8 Å². The predicted molar refractivity (Wildman–Crippen MR) is 146 cm³/mol. The van der Waals surface area contributed by atoms with Crippen LogP contribution in [0, 0.1) is 5.82 Å². The fourth-order valence-electron chi connectivity index (χ4n) is 3.64. The van der Waals surface area contributed by atoms with Crippen molar-refractivity contribution in [1.82, 2.24) is 4.90 Å². The van der Waals surface area contributed by atoms with E-state index in [1.807, 2.05) is 0 Å². The maximum atomic E-state index is 13.1. The fourth-order valence-corrected chi connectivity index (χ4v) is 5.93. The number of benzene rings is 3. The zero-order valence-electron chi connectivity index (χ0n) is 19.3. The van der Waals surface area contributed by atoms with Crippen LogP contribution in [0.2, 0.25) is 0 Å². The second kappa shape index (κ2) is 11.2. The number of nitrogens with one attached hydrogen (secondary N) is 1. The maximum absolute atomic E-state index is 13.1. The molecule has 8 nitrogen and oxygen atoms in total. The molecule has 0 bridgehead atoms. The van der Waals surface area contributed by atoms with E-state index < -0.39 is 23.6 Å². The van der Waals surface area contributed by atoms with Crippen LogP contribution >= 0.6 is 43.6 Å². The maximum Gasteiger partial charge on any atom is 0.294 e. The summed E-state index contributed by atoms with van der Waals surface area (Å²) in [5.74, 6) is 0.186. The molecule has 38 heavy (non-hydrogen) atoms. The summed E-state index contributed by atoms with van der Waals surface area (Å²) in [4.78, 5) is 39.0. The molecule has 0 aromatic heterocycles. The molecule has 0 spiro atoms. The molecule has 2 aliphatic heterocycles. The smallest absolute Gasteiger partial charge is 0.294 e. The van der Waals surface area contributed by atoms with Crippen LogP contribution in [-0.4, -0.2) is 35.3 Å². The number of amides is 3. The minimum atomic E-state index is -0.565. The first-order valence-electron chi connectivity index (χ1n) is 11.1. The first kappa shape index (κ1) is 26.3. The van der Waals surface area contributed by atoms with Gasteiger partial charge in [-0.3, -0.25) is 19.3 Å². The number of anilines is 1. The molecule has 0 radical (unpaired) electrons. The number of carbonyl (C=O) groups excluding carboxylic acids is 3. The van der Waals surface area contributed by atoms with Crippen LogP contribution in [0.1, 0.15) is 11.1 Å². The Morgan fingerprint density at radius 1 is 1.05 bits per heavy atom.